The lowest BCUT2D eigenvalue weighted by atomic mass is 9.88. The van der Waals surface area contributed by atoms with Crippen LogP contribution in [-0.4, -0.2) is 50.1 Å². The Bertz CT molecular complexity index is 1480. The highest BCUT2D eigenvalue weighted by atomic mass is 16.5. The van der Waals surface area contributed by atoms with Crippen molar-refractivity contribution < 1.29 is 9.53 Å². The number of benzene rings is 1. The van der Waals surface area contributed by atoms with Crippen molar-refractivity contribution in [2.75, 3.05) is 20.2 Å². The Balaban J connectivity index is 1.30. The predicted octanol–water partition coefficient (Wildman–Crippen LogP) is 5.27. The van der Waals surface area contributed by atoms with Gasteiger partial charge in [-0.2, -0.15) is 0 Å². The molecule has 2 unspecified atom stereocenters. The summed E-state index contributed by atoms with van der Waals surface area (Å²) in [6, 6.07) is 10.1. The molecule has 3 aromatic heterocycles. The van der Waals surface area contributed by atoms with Crippen LogP contribution in [0.2, 0.25) is 0 Å². The van der Waals surface area contributed by atoms with E-state index in [4.69, 9.17) is 9.72 Å². The molecule has 7 rings (SSSR count). The van der Waals surface area contributed by atoms with E-state index in [1.54, 1.807) is 7.11 Å². The van der Waals surface area contributed by atoms with Crippen LogP contribution in [0.25, 0.3) is 33.6 Å². The van der Waals surface area contributed by atoms with Gasteiger partial charge in [0.1, 0.15) is 16.9 Å². The molecule has 2 saturated carbocycles. The highest BCUT2D eigenvalue weighted by molar-refractivity contribution is 6.00. The van der Waals surface area contributed by atoms with Crippen LogP contribution < -0.4 is 4.74 Å². The Morgan fingerprint density at radius 1 is 1.11 bits per heavy atom. The maximum Gasteiger partial charge on any atom is 0.254 e. The van der Waals surface area contributed by atoms with Gasteiger partial charge in [-0.3, -0.25) is 4.79 Å². The van der Waals surface area contributed by atoms with E-state index in [0.29, 0.717) is 23.1 Å². The lowest BCUT2D eigenvalue weighted by molar-refractivity contribution is 0.0627. The number of hydrogen-bond donors (Lipinski definition) is 0. The number of hydrogen-bond acceptors (Lipinski definition) is 4. The largest absolute Gasteiger partial charge is 0.494 e. The third-order valence-electron chi connectivity index (χ3n) is 8.75. The van der Waals surface area contributed by atoms with Gasteiger partial charge in [0.15, 0.2) is 5.82 Å². The zero-order chi connectivity index (χ0) is 24.4. The minimum absolute atomic E-state index is 0.0970. The molecule has 0 radical (unpaired) electrons. The average Bonchev–Trinajstić information content (AvgIpc) is 3.32. The quantitative estimate of drug-likeness (QED) is 0.388. The van der Waals surface area contributed by atoms with Crippen molar-refractivity contribution in [2.24, 2.45) is 24.8 Å². The van der Waals surface area contributed by atoms with E-state index >= 15 is 0 Å². The standard InChI is InChI=1S/C29H33N5O2/c1-32-26-23(31-28(32)24-14-20-7-4-11-30-27(20)34(24)16-18-8-9-18)13-22(15-25(26)36-2)29(35)33-12-10-19-5-3-6-21(19)17-33/h4,7,11,13-15,18-19,21H,3,5-6,8-10,12,16-17H2,1-2H3. The first-order valence-corrected chi connectivity index (χ1v) is 13.4. The van der Waals surface area contributed by atoms with Crippen LogP contribution in [0.5, 0.6) is 5.75 Å². The summed E-state index contributed by atoms with van der Waals surface area (Å²) in [5.41, 5.74) is 4.44. The molecule has 2 atom stereocenters. The molecule has 3 aliphatic rings. The topological polar surface area (TPSA) is 65.2 Å². The number of rotatable bonds is 5. The van der Waals surface area contributed by atoms with E-state index in [9.17, 15) is 4.79 Å². The molecule has 7 heteroatoms. The van der Waals surface area contributed by atoms with Crippen molar-refractivity contribution in [1.82, 2.24) is 24.0 Å². The highest BCUT2D eigenvalue weighted by Crippen LogP contribution is 2.39. The minimum atomic E-state index is 0.0970. The van der Waals surface area contributed by atoms with Gasteiger partial charge in [-0.25, -0.2) is 9.97 Å². The average molecular weight is 484 g/mol. The Hall–Kier alpha value is -3.35. The van der Waals surface area contributed by atoms with Gasteiger partial charge in [-0.05, 0) is 73.8 Å². The number of piperidine rings is 1. The van der Waals surface area contributed by atoms with Gasteiger partial charge in [-0.15, -0.1) is 0 Å². The Morgan fingerprint density at radius 2 is 1.97 bits per heavy atom. The summed E-state index contributed by atoms with van der Waals surface area (Å²) in [5.74, 6) is 3.84. The summed E-state index contributed by atoms with van der Waals surface area (Å²) in [6.07, 6.45) is 9.42. The zero-order valence-corrected chi connectivity index (χ0v) is 21.1. The van der Waals surface area contributed by atoms with Crippen molar-refractivity contribution in [3.05, 3.63) is 42.1 Å². The second kappa shape index (κ2) is 8.36. The summed E-state index contributed by atoms with van der Waals surface area (Å²) in [7, 11) is 3.71. The molecule has 186 valence electrons. The van der Waals surface area contributed by atoms with Crippen LogP contribution in [0.15, 0.2) is 36.5 Å². The van der Waals surface area contributed by atoms with Crippen LogP contribution in [0.1, 0.15) is 48.9 Å². The third kappa shape index (κ3) is 3.51. The van der Waals surface area contributed by atoms with Gasteiger partial charge in [-0.1, -0.05) is 12.8 Å². The Kier molecular flexibility index (Phi) is 5.08. The smallest absolute Gasteiger partial charge is 0.254 e. The number of nitrogens with zero attached hydrogens (tertiary/aromatic N) is 5. The molecule has 1 aliphatic heterocycles. The minimum Gasteiger partial charge on any atom is -0.494 e. The second-order valence-electron chi connectivity index (χ2n) is 11.0. The number of pyridine rings is 1. The predicted molar refractivity (Wildman–Crippen MR) is 140 cm³/mol. The van der Waals surface area contributed by atoms with Crippen molar-refractivity contribution in [3.63, 3.8) is 0 Å². The van der Waals surface area contributed by atoms with Crippen LogP contribution in [0.3, 0.4) is 0 Å². The molecule has 1 aromatic carbocycles. The first kappa shape index (κ1) is 21.9. The normalized spacial score (nSPS) is 21.9. The number of likely N-dealkylation sites (tertiary alicyclic amines) is 1. The molecule has 0 bridgehead atoms. The number of carbonyl (C=O) groups is 1. The second-order valence-corrected chi connectivity index (χ2v) is 11.0. The summed E-state index contributed by atoms with van der Waals surface area (Å²) in [6.45, 7) is 2.69. The molecular weight excluding hydrogens is 450 g/mol. The van der Waals surface area contributed by atoms with Crippen molar-refractivity contribution in [3.8, 4) is 17.3 Å². The molecule has 4 aromatic rings. The molecule has 1 saturated heterocycles. The van der Waals surface area contributed by atoms with Gasteiger partial charge < -0.3 is 18.8 Å². The molecule has 4 heterocycles. The Morgan fingerprint density at radius 3 is 2.81 bits per heavy atom. The van der Waals surface area contributed by atoms with Crippen molar-refractivity contribution in [2.45, 2.75) is 45.1 Å². The van der Waals surface area contributed by atoms with E-state index in [1.165, 1.54) is 32.1 Å². The molecular formula is C29H33N5O2. The van der Waals surface area contributed by atoms with E-state index in [2.05, 4.69) is 31.2 Å². The molecule has 1 amide bonds. The van der Waals surface area contributed by atoms with Crippen LogP contribution in [-0.2, 0) is 13.6 Å². The number of aromatic nitrogens is 4. The van der Waals surface area contributed by atoms with Crippen LogP contribution in [0, 0.1) is 17.8 Å². The maximum atomic E-state index is 13.6. The van der Waals surface area contributed by atoms with E-state index in [-0.39, 0.29) is 5.91 Å². The first-order valence-electron chi connectivity index (χ1n) is 13.4. The van der Waals surface area contributed by atoms with Gasteiger partial charge in [0.25, 0.3) is 5.91 Å². The van der Waals surface area contributed by atoms with E-state index < -0.39 is 0 Å². The fraction of sp³-hybridized carbons (Fsp3) is 0.483. The summed E-state index contributed by atoms with van der Waals surface area (Å²) < 4.78 is 10.2. The molecule has 0 N–H and O–H groups in total. The molecule has 2 aliphatic carbocycles. The van der Waals surface area contributed by atoms with Crippen LogP contribution >= 0.6 is 0 Å². The lowest BCUT2D eigenvalue weighted by Gasteiger charge is -2.35. The highest BCUT2D eigenvalue weighted by Gasteiger charge is 2.35. The van der Waals surface area contributed by atoms with E-state index in [1.807, 2.05) is 31.4 Å². The van der Waals surface area contributed by atoms with Gasteiger partial charge in [0.2, 0.25) is 0 Å². The van der Waals surface area contributed by atoms with E-state index in [0.717, 1.165) is 65.6 Å². The van der Waals surface area contributed by atoms with Crippen molar-refractivity contribution in [1.29, 1.82) is 0 Å². The third-order valence-corrected chi connectivity index (χ3v) is 8.75. The van der Waals surface area contributed by atoms with Gasteiger partial charge >= 0.3 is 0 Å². The molecule has 3 fully saturated rings. The number of fused-ring (bicyclic) bond motifs is 3. The first-order chi connectivity index (χ1) is 17.6. The SMILES string of the molecule is COc1cc(C(=O)N2CCC3CCCC3C2)cc2nc(-c3cc4cccnc4n3CC3CC3)n(C)c12. The monoisotopic (exact) mass is 483 g/mol. The molecule has 7 nitrogen and oxygen atoms in total. The Labute approximate surface area is 211 Å². The molecule has 36 heavy (non-hydrogen) atoms. The molecule has 0 spiro atoms. The lowest BCUT2D eigenvalue weighted by Crippen LogP contribution is -2.42. The summed E-state index contributed by atoms with van der Waals surface area (Å²) in [5, 5.41) is 1.12. The summed E-state index contributed by atoms with van der Waals surface area (Å²) in [4.78, 5) is 25.4. The number of amides is 1. The number of aryl methyl sites for hydroxylation is 1. The number of ether oxygens (including phenoxy) is 1. The van der Waals surface area contributed by atoms with Gasteiger partial charge in [0, 0.05) is 43.8 Å². The fourth-order valence-electron chi connectivity index (χ4n) is 6.63. The fourth-order valence-corrected chi connectivity index (χ4v) is 6.63. The summed E-state index contributed by atoms with van der Waals surface area (Å²) >= 11 is 0. The number of carbonyl (C=O) groups excluding carboxylic acids is 1. The zero-order valence-electron chi connectivity index (χ0n) is 21.1. The maximum absolute atomic E-state index is 13.6. The number of methoxy groups -OCH3 is 1. The van der Waals surface area contributed by atoms with Crippen molar-refractivity contribution >= 4 is 28.0 Å². The number of imidazole rings is 1. The van der Waals surface area contributed by atoms with Gasteiger partial charge in [0.05, 0.1) is 18.3 Å². The van der Waals surface area contributed by atoms with Crippen LogP contribution in [0.4, 0.5) is 0 Å².